The number of nitrogens with one attached hydrogen (secondary N) is 21. The molecule has 134 heavy (non-hydrogen) atoms. The molecule has 51 nitrogen and oxygen atoms in total. The first kappa shape index (κ1) is 109. The molecular weight excluding hydrogens is 1790 g/mol. The van der Waals surface area contributed by atoms with E-state index in [0.29, 0.717) is 28.6 Å². The molecule has 2 saturated heterocycles. The zero-order valence-electron chi connectivity index (χ0n) is 74.6. The molecule has 2 aliphatic heterocycles. The summed E-state index contributed by atoms with van der Waals surface area (Å²) in [5.74, 6) is -20.4. The Hall–Kier alpha value is -13.3. The van der Waals surface area contributed by atoms with Crippen LogP contribution < -0.4 is 131 Å². The molecule has 0 saturated carbocycles. The largest absolute Gasteiger partial charge is 0.391 e. The summed E-state index contributed by atoms with van der Waals surface area (Å²) < 4.78 is 0. The highest BCUT2D eigenvalue weighted by Crippen LogP contribution is 2.26. The SMILES string of the molecule is CC(=O)N[C@@H](CC(N)=O)C(=O)N[C@@H](Cc1c[nH]c2ccccc12)C(=O)N[C@H]1CSSC[C@@H](C(=O)N[C@@H](CCCCN)C(=O)N[C@H](C(=O)N[C@@H](Cc2c[nH]cn2)C(=O)N2CCC[C@H]2C(=O)N[C@@H](Cc2c[nH]cn2)C(N)=O)[C@@H](C)O)NC(=O)[C@H](CCC(N)=O)NC(=O)[C@H](CCCCN)NC(=O)[C@H](CCCNC(=N)N)NC(=O)CNC(=O)[C@H](CCCNC(=N)N)NC(=O)[C@H](CCCCN)NC1=O. The smallest absolute Gasteiger partial charge is 0.246 e. The number of carbonyl (C=O) groups is 18. The van der Waals surface area contributed by atoms with Crippen LogP contribution >= 0.6 is 21.6 Å². The topological polar surface area (TPSA) is 852 Å². The Labute approximate surface area is 779 Å². The number of amides is 18. The molecular formula is C81H128N32O19S2. The number of nitrogens with two attached hydrogens (primary N) is 8. The number of nitrogens with zero attached hydrogens (tertiary/aromatic N) is 3. The molecule has 3 aromatic heterocycles. The van der Waals surface area contributed by atoms with E-state index in [-0.39, 0.29) is 154 Å². The van der Waals surface area contributed by atoms with Gasteiger partial charge in [-0.15, -0.1) is 0 Å². The monoisotopic (exact) mass is 1920 g/mol. The molecule has 0 aliphatic carbocycles. The predicted octanol–water partition coefficient (Wildman–Crippen LogP) is -9.61. The van der Waals surface area contributed by atoms with E-state index >= 15 is 24.0 Å². The third-order valence-electron chi connectivity index (χ3n) is 21.5. The van der Waals surface area contributed by atoms with Crippen LogP contribution in [-0.4, -0.2) is 301 Å². The normalized spacial score (nSPS) is 20.1. The van der Waals surface area contributed by atoms with E-state index in [4.69, 9.17) is 56.7 Å². The second-order valence-corrected chi connectivity index (χ2v) is 34.7. The highest BCUT2D eigenvalue weighted by molar-refractivity contribution is 8.76. The highest BCUT2D eigenvalue weighted by atomic mass is 33.1. The lowest BCUT2D eigenvalue weighted by Crippen LogP contribution is -2.62. The van der Waals surface area contributed by atoms with Crippen molar-refractivity contribution in [1.29, 1.82) is 10.8 Å². The Morgan fingerprint density at radius 3 is 1.61 bits per heavy atom. The van der Waals surface area contributed by atoms with Crippen LogP contribution in [0.3, 0.4) is 0 Å². The molecule has 15 atom stereocenters. The average molecular weight is 1920 g/mol. The van der Waals surface area contributed by atoms with E-state index in [0.717, 1.165) is 35.4 Å². The molecule has 38 N–H and O–H groups in total. The molecule has 18 amide bonds. The minimum atomic E-state index is -1.96. The first-order valence-electron chi connectivity index (χ1n) is 43.9. The standard InChI is InChI=1S/C81H128N32O19S2/c1-42(114)65(78(131)109-58(32-46-36-93-41-99-46)79(132)113-29-13-21-61(113)77(130)107-55(66(87)119)31-45-35-92-40-98-45)112-72(125)53(18-7-10-26-84)105-75(128)59-38-133-134-39-60(111-73(126)56(30-44-34-96-48-15-4-3-14-47(44)48)108-74(127)57(33-63(86)117)100-43(2)115)76(129)104-52(17-6-9-25-83)69(122)102-49(19-11-27-94-80(88)89)67(120)97-37-64(118)101-50(20-12-28-95-81(90)91)68(121)103-51(16-5-8-24-82)70(123)106-54(71(124)110-59)22-23-62(85)116/h3-4,14-15,34-36,40-42,49-61,65,96,114H,5-13,16-33,37-39,82-84H2,1-2H3,(H2,85,116)(H2,86,117)(H2,87,119)(H,92,98)(H,93,99)(H,97,120)(H,100,115)(H,101,118)(H,102,122)(H,103,121)(H,104,129)(H,105,128)(H,106,123)(H,107,130)(H,108,127)(H,109,131)(H,110,124)(H,111,126)(H,112,125)(H4,88,89,94)(H4,90,91,95)/t42-,49+,50+,51+,52+,53+,54+,55+,56+,57+,58+,59+,60+,61+,65+/m1/s1. The third kappa shape index (κ3) is 37.8. The average Bonchev–Trinajstić information content (AvgIpc) is 1.67. The number of aliphatic hydroxyl groups is 1. The fourth-order valence-electron chi connectivity index (χ4n) is 14.5. The van der Waals surface area contributed by atoms with Crippen LogP contribution in [0.25, 0.3) is 10.9 Å². The highest BCUT2D eigenvalue weighted by Gasteiger charge is 2.43. The van der Waals surface area contributed by atoms with Crippen LogP contribution in [0.4, 0.5) is 0 Å². The van der Waals surface area contributed by atoms with E-state index in [9.17, 15) is 67.4 Å². The number of guanidine groups is 2. The van der Waals surface area contributed by atoms with Gasteiger partial charge in [0.1, 0.15) is 84.6 Å². The maximum absolute atomic E-state index is 15.6. The summed E-state index contributed by atoms with van der Waals surface area (Å²) in [5, 5.41) is 68.5. The summed E-state index contributed by atoms with van der Waals surface area (Å²) >= 11 is 0. The van der Waals surface area contributed by atoms with Crippen molar-refractivity contribution in [2.24, 2.45) is 45.9 Å². The molecule has 0 spiro atoms. The van der Waals surface area contributed by atoms with Crippen molar-refractivity contribution in [2.45, 2.75) is 239 Å². The van der Waals surface area contributed by atoms with Gasteiger partial charge in [0.05, 0.1) is 43.1 Å². The van der Waals surface area contributed by atoms with Crippen LogP contribution in [0, 0.1) is 10.8 Å². The lowest BCUT2D eigenvalue weighted by Gasteiger charge is -2.31. The minimum absolute atomic E-state index is 0.0111. The summed E-state index contributed by atoms with van der Waals surface area (Å²) in [4.78, 5) is 276. The number of hydrogen-bond donors (Lipinski definition) is 30. The van der Waals surface area contributed by atoms with Gasteiger partial charge in [0, 0.05) is 93.2 Å². The number of primary amides is 3. The number of carbonyl (C=O) groups excluding carboxylic acids is 18. The maximum atomic E-state index is 15.6. The number of imidazole rings is 2. The number of aromatic amines is 3. The Balaban J connectivity index is 1.48. The Kier molecular flexibility index (Phi) is 46.7. The molecule has 0 unspecified atom stereocenters. The van der Waals surface area contributed by atoms with Crippen LogP contribution in [0.2, 0.25) is 0 Å². The van der Waals surface area contributed by atoms with Crippen LogP contribution in [-0.2, 0) is 106 Å². The quantitative estimate of drug-likeness (QED) is 0.00845. The van der Waals surface area contributed by atoms with Crippen molar-refractivity contribution in [3.05, 3.63) is 72.5 Å². The van der Waals surface area contributed by atoms with Gasteiger partial charge in [0.15, 0.2) is 11.9 Å². The van der Waals surface area contributed by atoms with Gasteiger partial charge in [-0.2, -0.15) is 0 Å². The third-order valence-corrected chi connectivity index (χ3v) is 23.9. The second kappa shape index (κ2) is 57.2. The van der Waals surface area contributed by atoms with Gasteiger partial charge in [-0.05, 0) is 141 Å². The number of aromatic nitrogens is 5. The minimum Gasteiger partial charge on any atom is -0.391 e. The molecule has 1 aromatic carbocycles. The Bertz CT molecular complexity index is 4640. The Morgan fingerprint density at radius 1 is 0.537 bits per heavy atom. The summed E-state index contributed by atoms with van der Waals surface area (Å²) in [6.45, 7) is 1.48. The number of likely N-dealkylation sites (tertiary alicyclic amines) is 1. The number of unbranched alkanes of at least 4 members (excludes halogenated alkanes) is 3. The fourth-order valence-corrected chi connectivity index (χ4v) is 16.8. The van der Waals surface area contributed by atoms with Crippen LogP contribution in [0.5, 0.6) is 0 Å². The molecule has 0 radical (unpaired) electrons. The molecule has 738 valence electrons. The van der Waals surface area contributed by atoms with Crippen molar-refractivity contribution in [3.63, 3.8) is 0 Å². The van der Waals surface area contributed by atoms with Crippen LogP contribution in [0.1, 0.15) is 146 Å². The van der Waals surface area contributed by atoms with E-state index in [1.54, 1.807) is 30.5 Å². The Morgan fingerprint density at radius 2 is 1.06 bits per heavy atom. The number of para-hydroxylation sites is 1. The van der Waals surface area contributed by atoms with Crippen molar-refractivity contribution in [2.75, 3.05) is 57.3 Å². The van der Waals surface area contributed by atoms with E-state index in [1.807, 2.05) is 0 Å². The maximum Gasteiger partial charge on any atom is 0.246 e. The first-order chi connectivity index (χ1) is 63.9. The molecule has 6 rings (SSSR count). The van der Waals surface area contributed by atoms with E-state index < -0.39 is 246 Å². The number of hydrogen-bond acceptors (Lipinski definition) is 28. The van der Waals surface area contributed by atoms with Crippen molar-refractivity contribution in [1.82, 2.24) is 115 Å². The second-order valence-electron chi connectivity index (χ2n) is 32.2. The zero-order chi connectivity index (χ0) is 98.5. The van der Waals surface area contributed by atoms with Gasteiger partial charge in [-0.1, -0.05) is 39.8 Å². The molecule has 5 heterocycles. The first-order valence-corrected chi connectivity index (χ1v) is 46.4. The number of rotatable bonds is 47. The zero-order valence-corrected chi connectivity index (χ0v) is 76.3. The van der Waals surface area contributed by atoms with Crippen molar-refractivity contribution >= 4 is 151 Å². The van der Waals surface area contributed by atoms with E-state index in [1.165, 1.54) is 29.9 Å². The fraction of sp³-hybridized carbons (Fsp3) is 0.580. The summed E-state index contributed by atoms with van der Waals surface area (Å²) in [5.41, 5.74) is 47.4. The van der Waals surface area contributed by atoms with Crippen molar-refractivity contribution < 1.29 is 91.4 Å². The number of aliphatic hydroxyl groups excluding tert-OH is 1. The molecule has 4 aromatic rings. The van der Waals surface area contributed by atoms with Crippen LogP contribution in [0.15, 0.2) is 55.5 Å². The number of H-pyrrole nitrogens is 3. The summed E-state index contributed by atoms with van der Waals surface area (Å²) in [6.07, 6.45) is 3.01. The predicted molar refractivity (Wildman–Crippen MR) is 490 cm³/mol. The molecule has 53 heteroatoms. The van der Waals surface area contributed by atoms with E-state index in [2.05, 4.69) is 110 Å². The van der Waals surface area contributed by atoms with Gasteiger partial charge in [0.25, 0.3) is 0 Å². The summed E-state index contributed by atoms with van der Waals surface area (Å²) in [7, 11) is 1.47. The molecule has 0 bridgehead atoms. The van der Waals surface area contributed by atoms with Gasteiger partial charge >= 0.3 is 0 Å². The molecule has 2 fully saturated rings. The van der Waals surface area contributed by atoms with Crippen molar-refractivity contribution in [3.8, 4) is 0 Å². The van der Waals surface area contributed by atoms with Gasteiger partial charge < -0.3 is 156 Å². The number of fused-ring (bicyclic) bond motifs is 1. The van der Waals surface area contributed by atoms with Gasteiger partial charge in [0.2, 0.25) is 106 Å². The lowest BCUT2D eigenvalue weighted by atomic mass is 10.0. The number of benzene rings is 1. The van der Waals surface area contributed by atoms with Gasteiger partial charge in [-0.3, -0.25) is 97.1 Å². The lowest BCUT2D eigenvalue weighted by molar-refractivity contribution is -0.143. The molecule has 2 aliphatic rings. The summed E-state index contributed by atoms with van der Waals surface area (Å²) in [6, 6.07) is -16.1. The van der Waals surface area contributed by atoms with Gasteiger partial charge in [-0.25, -0.2) is 9.97 Å².